The van der Waals surface area contributed by atoms with E-state index in [0.717, 1.165) is 47.0 Å². The normalized spacial score (nSPS) is 20.5. The lowest BCUT2D eigenvalue weighted by atomic mass is 9.70. The number of nitrogens with one attached hydrogen (secondary N) is 1. The Labute approximate surface area is 192 Å². The Morgan fingerprint density at radius 2 is 1.81 bits per heavy atom. The monoisotopic (exact) mass is 435 g/mol. The van der Waals surface area contributed by atoms with Crippen molar-refractivity contribution in [1.82, 2.24) is 9.55 Å². The van der Waals surface area contributed by atoms with E-state index in [2.05, 4.69) is 54.9 Å². The molecule has 0 radical (unpaired) electrons. The van der Waals surface area contributed by atoms with Gasteiger partial charge in [-0.3, -0.25) is 0 Å². The molecule has 4 rings (SSSR count). The van der Waals surface area contributed by atoms with Gasteiger partial charge in [0, 0.05) is 17.8 Å². The number of imidazole rings is 1. The molecule has 1 saturated carbocycles. The number of hydrogen-bond acceptors (Lipinski definition) is 4. The molecule has 1 aliphatic carbocycles. The van der Waals surface area contributed by atoms with Crippen LogP contribution in [0.25, 0.3) is 11.0 Å². The van der Waals surface area contributed by atoms with Gasteiger partial charge in [0.15, 0.2) is 0 Å². The summed E-state index contributed by atoms with van der Waals surface area (Å²) in [6.07, 6.45) is 3.72. The maximum Gasteiger partial charge on any atom is 0.208 e. The first kappa shape index (κ1) is 22.5. The van der Waals surface area contributed by atoms with E-state index < -0.39 is 0 Å². The highest BCUT2D eigenvalue weighted by atomic mass is 16.5. The van der Waals surface area contributed by atoms with Crippen LogP contribution in [0.1, 0.15) is 66.8 Å². The van der Waals surface area contributed by atoms with Crippen molar-refractivity contribution < 1.29 is 9.47 Å². The third kappa shape index (κ3) is 5.03. The second-order valence-electron chi connectivity index (χ2n) is 10.3. The second-order valence-corrected chi connectivity index (χ2v) is 10.3. The molecule has 1 N–H and O–H groups in total. The highest BCUT2D eigenvalue weighted by Crippen LogP contribution is 2.46. The van der Waals surface area contributed by atoms with Gasteiger partial charge < -0.3 is 19.4 Å². The lowest BCUT2D eigenvalue weighted by Gasteiger charge is -2.40. The van der Waals surface area contributed by atoms with E-state index >= 15 is 0 Å². The zero-order valence-electron chi connectivity index (χ0n) is 20.3. The summed E-state index contributed by atoms with van der Waals surface area (Å²) in [7, 11) is 0. The number of ether oxygens (including phenoxy) is 2. The number of fused-ring (bicyclic) bond motifs is 1. The van der Waals surface area contributed by atoms with Crippen LogP contribution in [0.2, 0.25) is 0 Å². The maximum atomic E-state index is 5.82. The fraction of sp³-hybridized carbons (Fsp3) is 0.519. The summed E-state index contributed by atoms with van der Waals surface area (Å²) in [5, 5.41) is 3.59. The van der Waals surface area contributed by atoms with Crippen molar-refractivity contribution in [2.24, 2.45) is 11.3 Å². The summed E-state index contributed by atoms with van der Waals surface area (Å²) in [6, 6.07) is 14.7. The van der Waals surface area contributed by atoms with Gasteiger partial charge in [0.25, 0.3) is 0 Å². The van der Waals surface area contributed by atoms with Gasteiger partial charge in [-0.05, 0) is 87.8 Å². The van der Waals surface area contributed by atoms with Gasteiger partial charge in [0.05, 0.1) is 23.7 Å². The van der Waals surface area contributed by atoms with Gasteiger partial charge in [-0.25, -0.2) is 4.98 Å². The lowest BCUT2D eigenvalue weighted by molar-refractivity contribution is 0.140. The fourth-order valence-corrected chi connectivity index (χ4v) is 5.30. The Morgan fingerprint density at radius 1 is 1.09 bits per heavy atom. The minimum atomic E-state index is 0.161. The van der Waals surface area contributed by atoms with E-state index in [1.54, 1.807) is 0 Å². The van der Waals surface area contributed by atoms with Crippen LogP contribution in [0.5, 0.6) is 11.5 Å². The highest BCUT2D eigenvalue weighted by Gasteiger charge is 2.34. The molecule has 0 saturated heterocycles. The Balaban J connectivity index is 1.73. The fourth-order valence-electron chi connectivity index (χ4n) is 5.30. The van der Waals surface area contributed by atoms with Crippen LogP contribution in [-0.4, -0.2) is 22.3 Å². The molecule has 0 aliphatic heterocycles. The van der Waals surface area contributed by atoms with E-state index in [-0.39, 0.29) is 6.10 Å². The van der Waals surface area contributed by atoms with Crippen LogP contribution in [0.15, 0.2) is 42.5 Å². The largest absolute Gasteiger partial charge is 0.494 e. The SMILES string of the molecule is CCOc1ccc2nc(Nc3ccc(OC(C)C)cc3)n([C@H]3C[C@@H](C)CC(C)(C)C3)c2c1. The molecule has 172 valence electrons. The maximum absolute atomic E-state index is 5.82. The predicted molar refractivity (Wildman–Crippen MR) is 132 cm³/mol. The van der Waals surface area contributed by atoms with Gasteiger partial charge in [0.1, 0.15) is 11.5 Å². The minimum absolute atomic E-state index is 0.161. The summed E-state index contributed by atoms with van der Waals surface area (Å²) < 4.78 is 14.0. The molecular formula is C27H37N3O2. The first-order valence-electron chi connectivity index (χ1n) is 11.9. The van der Waals surface area contributed by atoms with Crippen molar-refractivity contribution in [3.05, 3.63) is 42.5 Å². The van der Waals surface area contributed by atoms with E-state index in [9.17, 15) is 0 Å². The molecule has 1 aromatic heterocycles. The Bertz CT molecular complexity index is 1050. The van der Waals surface area contributed by atoms with Crippen LogP contribution < -0.4 is 14.8 Å². The van der Waals surface area contributed by atoms with E-state index in [4.69, 9.17) is 14.5 Å². The second kappa shape index (κ2) is 9.05. The quantitative estimate of drug-likeness (QED) is 0.421. The summed E-state index contributed by atoms with van der Waals surface area (Å²) in [5.41, 5.74) is 3.44. The van der Waals surface area contributed by atoms with Crippen molar-refractivity contribution in [3.63, 3.8) is 0 Å². The van der Waals surface area contributed by atoms with Crippen LogP contribution in [0.3, 0.4) is 0 Å². The third-order valence-corrected chi connectivity index (χ3v) is 6.18. The molecule has 0 bridgehead atoms. The zero-order valence-corrected chi connectivity index (χ0v) is 20.3. The Morgan fingerprint density at radius 3 is 2.47 bits per heavy atom. The summed E-state index contributed by atoms with van der Waals surface area (Å²) in [4.78, 5) is 4.99. The first-order chi connectivity index (χ1) is 15.2. The van der Waals surface area contributed by atoms with Crippen molar-refractivity contribution in [1.29, 1.82) is 0 Å². The third-order valence-electron chi connectivity index (χ3n) is 6.18. The minimum Gasteiger partial charge on any atom is -0.494 e. The zero-order chi connectivity index (χ0) is 22.9. The summed E-state index contributed by atoms with van der Waals surface area (Å²) in [5.74, 6) is 3.34. The van der Waals surface area contributed by atoms with Gasteiger partial charge in [-0.15, -0.1) is 0 Å². The standard InChI is InChI=1S/C27H37N3O2/c1-7-31-23-12-13-24-25(15-23)30(21-14-19(4)16-27(5,6)17-21)26(29-24)28-20-8-10-22(11-9-20)32-18(2)3/h8-13,15,18-19,21H,7,14,16-17H2,1-6H3,(H,28,29)/t19-,21+/m1/s1. The molecule has 1 heterocycles. The smallest absolute Gasteiger partial charge is 0.208 e. The lowest BCUT2D eigenvalue weighted by Crippen LogP contribution is -2.29. The number of hydrogen-bond donors (Lipinski definition) is 1. The molecule has 1 aliphatic rings. The average molecular weight is 436 g/mol. The first-order valence-corrected chi connectivity index (χ1v) is 11.9. The molecule has 1 fully saturated rings. The molecule has 3 aromatic rings. The number of benzene rings is 2. The topological polar surface area (TPSA) is 48.3 Å². The molecule has 2 atom stereocenters. The molecule has 0 unspecified atom stereocenters. The summed E-state index contributed by atoms with van der Waals surface area (Å²) in [6.45, 7) is 13.9. The van der Waals surface area contributed by atoms with Crippen LogP contribution in [0.4, 0.5) is 11.6 Å². The molecular weight excluding hydrogens is 398 g/mol. The molecule has 5 nitrogen and oxygen atoms in total. The van der Waals surface area contributed by atoms with Gasteiger partial charge in [-0.1, -0.05) is 20.8 Å². The van der Waals surface area contributed by atoms with Crippen molar-refractivity contribution in [2.45, 2.75) is 73.0 Å². The Kier molecular flexibility index (Phi) is 6.36. The number of rotatable bonds is 7. The van der Waals surface area contributed by atoms with Gasteiger partial charge >= 0.3 is 0 Å². The van der Waals surface area contributed by atoms with E-state index in [0.29, 0.717) is 24.0 Å². The summed E-state index contributed by atoms with van der Waals surface area (Å²) >= 11 is 0. The highest BCUT2D eigenvalue weighted by molar-refractivity contribution is 5.81. The van der Waals surface area contributed by atoms with Crippen LogP contribution >= 0.6 is 0 Å². The molecule has 0 spiro atoms. The molecule has 32 heavy (non-hydrogen) atoms. The van der Waals surface area contributed by atoms with Crippen molar-refractivity contribution in [2.75, 3.05) is 11.9 Å². The van der Waals surface area contributed by atoms with Crippen LogP contribution in [-0.2, 0) is 0 Å². The predicted octanol–water partition coefficient (Wildman–Crippen LogP) is 7.35. The average Bonchev–Trinajstić information content (AvgIpc) is 3.05. The Hall–Kier alpha value is -2.69. The van der Waals surface area contributed by atoms with E-state index in [1.807, 2.05) is 39.0 Å². The van der Waals surface area contributed by atoms with Gasteiger partial charge in [0.2, 0.25) is 5.95 Å². The molecule has 5 heteroatoms. The van der Waals surface area contributed by atoms with E-state index in [1.165, 1.54) is 6.42 Å². The number of anilines is 2. The molecule has 2 aromatic carbocycles. The number of aromatic nitrogens is 2. The number of nitrogens with zero attached hydrogens (tertiary/aromatic N) is 2. The van der Waals surface area contributed by atoms with Crippen molar-refractivity contribution >= 4 is 22.7 Å². The van der Waals surface area contributed by atoms with Crippen molar-refractivity contribution in [3.8, 4) is 11.5 Å². The molecule has 0 amide bonds. The van der Waals surface area contributed by atoms with Crippen LogP contribution in [0, 0.1) is 11.3 Å². The van der Waals surface area contributed by atoms with Gasteiger partial charge in [-0.2, -0.15) is 0 Å².